The van der Waals surface area contributed by atoms with E-state index >= 15 is 0 Å². The lowest BCUT2D eigenvalue weighted by atomic mass is 9.83. The molecule has 3 heteroatoms. The van der Waals surface area contributed by atoms with Crippen molar-refractivity contribution in [2.24, 2.45) is 11.8 Å². The maximum atomic E-state index is 12.5. The van der Waals surface area contributed by atoms with E-state index in [4.69, 9.17) is 0 Å². The zero-order valence-corrected chi connectivity index (χ0v) is 17.5. The molecule has 1 N–H and O–H groups in total. The van der Waals surface area contributed by atoms with Gasteiger partial charge in [0.25, 0.3) is 0 Å². The Morgan fingerprint density at radius 3 is 2.59 bits per heavy atom. The Hall–Kier alpha value is -2.03. The van der Waals surface area contributed by atoms with Gasteiger partial charge >= 0.3 is 0 Å². The lowest BCUT2D eigenvalue weighted by Crippen LogP contribution is -2.48. The van der Waals surface area contributed by atoms with Crippen LogP contribution >= 0.6 is 0 Å². The molecule has 0 bridgehead atoms. The van der Waals surface area contributed by atoms with E-state index in [1.54, 1.807) is 6.92 Å². The third-order valence-electron chi connectivity index (χ3n) is 5.96. The van der Waals surface area contributed by atoms with Gasteiger partial charge in [0, 0.05) is 31.4 Å². The molecular weight excluding hydrogens is 332 g/mol. The number of anilines is 1. The lowest BCUT2D eigenvalue weighted by molar-refractivity contribution is -0.117. The van der Waals surface area contributed by atoms with E-state index in [9.17, 15) is 4.79 Å². The van der Waals surface area contributed by atoms with Crippen LogP contribution in [0.1, 0.15) is 65.0 Å². The molecule has 1 aromatic rings. The van der Waals surface area contributed by atoms with E-state index in [1.807, 2.05) is 0 Å². The number of amides is 1. The number of fused-ring (bicyclic) bond motifs is 1. The Morgan fingerprint density at radius 2 is 2.00 bits per heavy atom. The first-order valence-electron chi connectivity index (χ1n) is 10.5. The van der Waals surface area contributed by atoms with Crippen LogP contribution in [0.2, 0.25) is 0 Å². The van der Waals surface area contributed by atoms with Crippen molar-refractivity contribution < 1.29 is 4.79 Å². The van der Waals surface area contributed by atoms with Crippen LogP contribution < -0.4 is 10.2 Å². The minimum atomic E-state index is 0.178. The first-order valence-corrected chi connectivity index (χ1v) is 10.5. The molecule has 2 atom stereocenters. The van der Waals surface area contributed by atoms with E-state index in [0.29, 0.717) is 17.9 Å². The Morgan fingerprint density at radius 1 is 1.26 bits per heavy atom. The fourth-order valence-electron chi connectivity index (χ4n) is 4.33. The van der Waals surface area contributed by atoms with Crippen LogP contribution in [0.3, 0.4) is 0 Å². The second-order valence-electron chi connectivity index (χ2n) is 8.24. The predicted molar refractivity (Wildman–Crippen MR) is 115 cm³/mol. The van der Waals surface area contributed by atoms with Crippen molar-refractivity contribution in [3.8, 4) is 0 Å². The number of nitrogens with zero attached hydrogens (tertiary/aromatic N) is 1. The van der Waals surface area contributed by atoms with E-state index < -0.39 is 0 Å². The third-order valence-corrected chi connectivity index (χ3v) is 5.96. The summed E-state index contributed by atoms with van der Waals surface area (Å²) in [5.74, 6) is 1.38. The van der Waals surface area contributed by atoms with Gasteiger partial charge in [-0.15, -0.1) is 0 Å². The molecule has 1 saturated carbocycles. The summed E-state index contributed by atoms with van der Waals surface area (Å²) >= 11 is 0. The van der Waals surface area contributed by atoms with Gasteiger partial charge in [-0.2, -0.15) is 0 Å². The van der Waals surface area contributed by atoms with Crippen molar-refractivity contribution in [3.63, 3.8) is 0 Å². The summed E-state index contributed by atoms with van der Waals surface area (Å²) in [6.45, 7) is 11.4. The molecule has 0 aromatic heterocycles. The van der Waals surface area contributed by atoms with Gasteiger partial charge in [-0.25, -0.2) is 0 Å². The van der Waals surface area contributed by atoms with Gasteiger partial charge in [-0.05, 0) is 80.2 Å². The Bertz CT molecular complexity index is 758. The van der Waals surface area contributed by atoms with Crippen LogP contribution in [0.25, 0.3) is 5.57 Å². The van der Waals surface area contributed by atoms with E-state index in [2.05, 4.69) is 68.4 Å². The fourth-order valence-corrected chi connectivity index (χ4v) is 4.33. The van der Waals surface area contributed by atoms with Gasteiger partial charge in [-0.1, -0.05) is 31.6 Å². The van der Waals surface area contributed by atoms with Crippen LogP contribution in [-0.4, -0.2) is 18.5 Å². The molecule has 1 fully saturated rings. The summed E-state index contributed by atoms with van der Waals surface area (Å²) in [4.78, 5) is 14.6. The Labute approximate surface area is 164 Å². The summed E-state index contributed by atoms with van der Waals surface area (Å²) in [7, 11) is 0. The number of benzene rings is 1. The first kappa shape index (κ1) is 19.7. The molecule has 0 saturated heterocycles. The molecule has 3 nitrogen and oxygen atoms in total. The molecule has 1 unspecified atom stereocenters. The number of rotatable bonds is 6. The number of carbonyl (C=O) groups excluding carboxylic acids is 1. The number of carbonyl (C=O) groups is 1. The minimum Gasteiger partial charge on any atom is -0.391 e. The van der Waals surface area contributed by atoms with Gasteiger partial charge in [0.2, 0.25) is 5.91 Å². The molecule has 0 spiro atoms. The Kier molecular flexibility index (Phi) is 6.08. The van der Waals surface area contributed by atoms with Crippen LogP contribution in [0.4, 0.5) is 5.69 Å². The van der Waals surface area contributed by atoms with Gasteiger partial charge in [0.05, 0.1) is 0 Å². The Balaban J connectivity index is 2.00. The molecule has 1 aliphatic carbocycles. The van der Waals surface area contributed by atoms with Crippen LogP contribution in [0.5, 0.6) is 0 Å². The van der Waals surface area contributed by atoms with Crippen molar-refractivity contribution >= 4 is 17.2 Å². The van der Waals surface area contributed by atoms with Gasteiger partial charge in [-0.3, -0.25) is 4.79 Å². The first-order chi connectivity index (χ1) is 13.0. The molecule has 146 valence electrons. The van der Waals surface area contributed by atoms with Crippen molar-refractivity contribution in [1.29, 1.82) is 0 Å². The average Bonchev–Trinajstić information content (AvgIpc) is 3.47. The van der Waals surface area contributed by atoms with Gasteiger partial charge in [0.15, 0.2) is 0 Å². The summed E-state index contributed by atoms with van der Waals surface area (Å²) in [5, 5.41) is 3.35. The molecule has 1 aliphatic heterocycles. The molecular formula is C24H34N2O. The highest BCUT2D eigenvalue weighted by molar-refractivity contribution is 5.94. The van der Waals surface area contributed by atoms with Crippen molar-refractivity contribution in [1.82, 2.24) is 5.32 Å². The van der Waals surface area contributed by atoms with Crippen molar-refractivity contribution in [2.45, 2.75) is 66.3 Å². The normalized spacial score (nSPS) is 23.2. The highest BCUT2D eigenvalue weighted by Gasteiger charge is 2.43. The highest BCUT2D eigenvalue weighted by atomic mass is 16.2. The number of allylic oxidation sites excluding steroid dienone is 3. The van der Waals surface area contributed by atoms with Crippen LogP contribution in [0.15, 0.2) is 36.0 Å². The van der Waals surface area contributed by atoms with Gasteiger partial charge < -0.3 is 10.2 Å². The molecule has 27 heavy (non-hydrogen) atoms. The lowest BCUT2D eigenvalue weighted by Gasteiger charge is -2.41. The largest absolute Gasteiger partial charge is 0.391 e. The van der Waals surface area contributed by atoms with Crippen molar-refractivity contribution in [2.75, 3.05) is 11.4 Å². The molecule has 3 rings (SSSR count). The monoisotopic (exact) mass is 366 g/mol. The second kappa shape index (κ2) is 8.33. The van der Waals surface area contributed by atoms with E-state index in [0.717, 1.165) is 25.1 Å². The molecule has 2 aliphatic rings. The molecule has 1 aromatic carbocycles. The standard InChI is InChI=1S/C24H34N2O/c1-6-16(3)12-22(15-25-7-2)20-10-11-23-21(14-20)13-17(4)24(19-8-9-19)26(23)18(5)27/h10-12,14-15,17,19,24-25H,6-9,13H2,1-5H3/b16-12+,22-15+/t17?,24-/m1/s1. The molecule has 0 radical (unpaired) electrons. The zero-order valence-electron chi connectivity index (χ0n) is 17.5. The van der Waals surface area contributed by atoms with E-state index in [1.165, 1.54) is 35.1 Å². The summed E-state index contributed by atoms with van der Waals surface area (Å²) in [5.41, 5.74) is 6.23. The second-order valence-corrected chi connectivity index (χ2v) is 8.24. The zero-order chi connectivity index (χ0) is 19.6. The molecule has 1 heterocycles. The van der Waals surface area contributed by atoms with E-state index in [-0.39, 0.29) is 5.91 Å². The molecule has 1 amide bonds. The maximum absolute atomic E-state index is 12.5. The van der Waals surface area contributed by atoms with Crippen molar-refractivity contribution in [3.05, 3.63) is 47.2 Å². The number of nitrogens with one attached hydrogen (secondary N) is 1. The summed E-state index contributed by atoms with van der Waals surface area (Å²) in [6, 6.07) is 7.02. The minimum absolute atomic E-state index is 0.178. The number of hydrogen-bond acceptors (Lipinski definition) is 2. The topological polar surface area (TPSA) is 32.3 Å². The quantitative estimate of drug-likeness (QED) is 0.691. The van der Waals surface area contributed by atoms with Gasteiger partial charge in [0.1, 0.15) is 0 Å². The van der Waals surface area contributed by atoms with Crippen LogP contribution in [0, 0.1) is 11.8 Å². The van der Waals surface area contributed by atoms with Crippen LogP contribution in [-0.2, 0) is 11.2 Å². The maximum Gasteiger partial charge on any atom is 0.224 e. The summed E-state index contributed by atoms with van der Waals surface area (Å²) < 4.78 is 0. The third kappa shape index (κ3) is 4.28. The predicted octanol–water partition coefficient (Wildman–Crippen LogP) is 5.32. The highest BCUT2D eigenvalue weighted by Crippen LogP contribution is 2.45. The summed E-state index contributed by atoms with van der Waals surface area (Å²) in [6.07, 6.45) is 9.02. The SMILES string of the molecule is CCN/C=C(\C=C(/C)CC)c1ccc2c(c1)CC(C)[C@H](C1CC1)N2C(C)=O. The smallest absolute Gasteiger partial charge is 0.224 e. The fraction of sp³-hybridized carbons (Fsp3) is 0.542. The number of hydrogen-bond donors (Lipinski definition) is 1. The average molecular weight is 367 g/mol.